The Morgan fingerprint density at radius 2 is 1.65 bits per heavy atom. The average molecular weight is 313 g/mol. The van der Waals surface area contributed by atoms with Crippen LogP contribution in [-0.4, -0.2) is 18.1 Å². The van der Waals surface area contributed by atoms with Crippen molar-refractivity contribution in [3.63, 3.8) is 0 Å². The number of rotatable bonds is 5. The second kappa shape index (κ2) is 5.85. The first kappa shape index (κ1) is 15.0. The summed E-state index contributed by atoms with van der Waals surface area (Å²) in [6, 6.07) is 7.59. The Bertz CT molecular complexity index is 543. The molecule has 3 heteroatoms. The van der Waals surface area contributed by atoms with Crippen LogP contribution in [0.5, 0.6) is 5.75 Å². The summed E-state index contributed by atoms with van der Waals surface area (Å²) < 4.78 is 5.59. The fourth-order valence-electron chi connectivity index (χ4n) is 5.50. The van der Waals surface area contributed by atoms with Gasteiger partial charge in [-0.1, -0.05) is 6.92 Å². The highest BCUT2D eigenvalue weighted by Gasteiger charge is 2.51. The lowest BCUT2D eigenvalue weighted by atomic mass is 9.53. The second-order valence-electron chi connectivity index (χ2n) is 8.02. The van der Waals surface area contributed by atoms with Crippen molar-refractivity contribution in [2.45, 2.75) is 57.4 Å². The lowest BCUT2D eigenvalue weighted by Crippen LogP contribution is -2.59. The van der Waals surface area contributed by atoms with E-state index in [-0.39, 0.29) is 11.4 Å². The van der Waals surface area contributed by atoms with Gasteiger partial charge in [-0.15, -0.1) is 0 Å². The van der Waals surface area contributed by atoms with Crippen LogP contribution in [-0.2, 0) is 0 Å². The first-order valence-corrected chi connectivity index (χ1v) is 9.21. The van der Waals surface area contributed by atoms with Crippen molar-refractivity contribution in [3.05, 3.63) is 29.8 Å². The lowest BCUT2D eigenvalue weighted by Gasteiger charge is -2.56. The van der Waals surface area contributed by atoms with Crippen LogP contribution in [0.2, 0.25) is 0 Å². The molecule has 0 unspecified atom stereocenters. The highest BCUT2D eigenvalue weighted by Crippen LogP contribution is 2.55. The summed E-state index contributed by atoms with van der Waals surface area (Å²) in [6.45, 7) is 2.81. The molecule has 0 aliphatic heterocycles. The van der Waals surface area contributed by atoms with Gasteiger partial charge >= 0.3 is 0 Å². The molecule has 0 atom stereocenters. The molecule has 0 aromatic heterocycles. The zero-order valence-corrected chi connectivity index (χ0v) is 14.0. The van der Waals surface area contributed by atoms with Crippen molar-refractivity contribution in [1.82, 2.24) is 5.32 Å². The highest BCUT2D eigenvalue weighted by molar-refractivity contribution is 5.94. The predicted octanol–water partition coefficient (Wildman–Crippen LogP) is 4.17. The summed E-state index contributed by atoms with van der Waals surface area (Å²) in [5.41, 5.74) is 0.841. The average Bonchev–Trinajstić information content (AvgIpc) is 2.51. The number of hydrogen-bond donors (Lipinski definition) is 1. The van der Waals surface area contributed by atoms with E-state index in [2.05, 4.69) is 12.2 Å². The van der Waals surface area contributed by atoms with Gasteiger partial charge in [0.15, 0.2) is 0 Å². The first-order chi connectivity index (χ1) is 11.2. The van der Waals surface area contributed by atoms with Crippen LogP contribution >= 0.6 is 0 Å². The van der Waals surface area contributed by atoms with Crippen LogP contribution < -0.4 is 10.1 Å². The standard InChI is InChI=1S/C20H27NO2/c1-2-7-23-18-5-3-17(4-6-18)19(22)21-20-11-14-8-15(12-20)10-16(9-14)13-20/h3-6,14-16H,2,7-13H2,1H3,(H,21,22). The summed E-state index contributed by atoms with van der Waals surface area (Å²) in [7, 11) is 0. The minimum absolute atomic E-state index is 0.0865. The Balaban J connectivity index is 1.43. The molecule has 1 aromatic carbocycles. The molecular formula is C20H27NO2. The van der Waals surface area contributed by atoms with E-state index in [4.69, 9.17) is 4.74 Å². The van der Waals surface area contributed by atoms with E-state index in [1.54, 1.807) is 0 Å². The van der Waals surface area contributed by atoms with Gasteiger partial charge in [-0.2, -0.15) is 0 Å². The number of hydrogen-bond acceptors (Lipinski definition) is 2. The number of ether oxygens (including phenoxy) is 1. The maximum absolute atomic E-state index is 12.7. The predicted molar refractivity (Wildman–Crippen MR) is 90.6 cm³/mol. The van der Waals surface area contributed by atoms with E-state index in [0.29, 0.717) is 0 Å². The second-order valence-corrected chi connectivity index (χ2v) is 8.02. The Morgan fingerprint density at radius 1 is 1.09 bits per heavy atom. The van der Waals surface area contributed by atoms with Gasteiger partial charge < -0.3 is 10.1 Å². The minimum Gasteiger partial charge on any atom is -0.494 e. The quantitative estimate of drug-likeness (QED) is 0.886. The third kappa shape index (κ3) is 2.98. The molecule has 1 amide bonds. The van der Waals surface area contributed by atoms with Gasteiger partial charge in [-0.05, 0) is 87.0 Å². The van der Waals surface area contributed by atoms with Crippen molar-refractivity contribution in [2.75, 3.05) is 6.61 Å². The minimum atomic E-state index is 0.0865. The Hall–Kier alpha value is -1.51. The summed E-state index contributed by atoms with van der Waals surface area (Å²) in [5.74, 6) is 3.50. The topological polar surface area (TPSA) is 38.3 Å². The van der Waals surface area contributed by atoms with E-state index in [1.807, 2.05) is 24.3 Å². The van der Waals surface area contributed by atoms with Gasteiger partial charge in [-0.25, -0.2) is 0 Å². The van der Waals surface area contributed by atoms with Gasteiger partial charge in [0.05, 0.1) is 6.61 Å². The van der Waals surface area contributed by atoms with Gasteiger partial charge in [0.2, 0.25) is 0 Å². The SMILES string of the molecule is CCCOc1ccc(C(=O)NC23CC4CC(CC(C4)C2)C3)cc1. The zero-order valence-electron chi connectivity index (χ0n) is 14.0. The van der Waals surface area contributed by atoms with Gasteiger partial charge in [0, 0.05) is 11.1 Å². The lowest BCUT2D eigenvalue weighted by molar-refractivity contribution is -0.0167. The molecule has 5 rings (SSSR count). The summed E-state index contributed by atoms with van der Waals surface area (Å²) >= 11 is 0. The van der Waals surface area contributed by atoms with Gasteiger partial charge in [0.25, 0.3) is 5.91 Å². The van der Waals surface area contributed by atoms with E-state index < -0.39 is 0 Å². The van der Waals surface area contributed by atoms with Crippen molar-refractivity contribution in [1.29, 1.82) is 0 Å². The Labute approximate surface area is 138 Å². The van der Waals surface area contributed by atoms with E-state index >= 15 is 0 Å². The van der Waals surface area contributed by atoms with E-state index in [0.717, 1.165) is 42.1 Å². The first-order valence-electron chi connectivity index (χ1n) is 9.21. The molecule has 23 heavy (non-hydrogen) atoms. The molecule has 4 bridgehead atoms. The molecule has 0 radical (unpaired) electrons. The van der Waals surface area contributed by atoms with Crippen molar-refractivity contribution in [3.8, 4) is 5.75 Å². The number of nitrogens with one attached hydrogen (secondary N) is 1. The highest BCUT2D eigenvalue weighted by atomic mass is 16.5. The number of carbonyl (C=O) groups excluding carboxylic acids is 1. The molecule has 1 aromatic rings. The normalized spacial score (nSPS) is 34.4. The van der Waals surface area contributed by atoms with Crippen molar-refractivity contribution >= 4 is 5.91 Å². The number of benzene rings is 1. The molecule has 3 nitrogen and oxygen atoms in total. The molecule has 0 spiro atoms. The third-order valence-electron chi connectivity index (χ3n) is 6.01. The molecule has 4 fully saturated rings. The van der Waals surface area contributed by atoms with Crippen LogP contribution in [0, 0.1) is 17.8 Å². The fourth-order valence-corrected chi connectivity index (χ4v) is 5.50. The number of amides is 1. The van der Waals surface area contributed by atoms with Gasteiger partial charge in [-0.3, -0.25) is 4.79 Å². The largest absolute Gasteiger partial charge is 0.494 e. The van der Waals surface area contributed by atoms with Crippen LogP contribution in [0.25, 0.3) is 0 Å². The molecule has 4 aliphatic carbocycles. The van der Waals surface area contributed by atoms with Crippen LogP contribution in [0.1, 0.15) is 62.2 Å². The van der Waals surface area contributed by atoms with Crippen molar-refractivity contribution < 1.29 is 9.53 Å². The zero-order chi connectivity index (χ0) is 15.9. The monoisotopic (exact) mass is 313 g/mol. The fraction of sp³-hybridized carbons (Fsp3) is 0.650. The summed E-state index contributed by atoms with van der Waals surface area (Å²) in [6.07, 6.45) is 8.79. The maximum Gasteiger partial charge on any atom is 0.251 e. The smallest absolute Gasteiger partial charge is 0.251 e. The van der Waals surface area contributed by atoms with Crippen LogP contribution in [0.4, 0.5) is 0 Å². The van der Waals surface area contributed by atoms with Gasteiger partial charge in [0.1, 0.15) is 5.75 Å². The molecule has 124 valence electrons. The van der Waals surface area contributed by atoms with Crippen LogP contribution in [0.15, 0.2) is 24.3 Å². The maximum atomic E-state index is 12.7. The van der Waals surface area contributed by atoms with E-state index in [1.165, 1.54) is 38.5 Å². The molecule has 1 N–H and O–H groups in total. The summed E-state index contributed by atoms with van der Waals surface area (Å²) in [5, 5.41) is 3.42. The molecule has 0 saturated heterocycles. The molecule has 0 heterocycles. The Morgan fingerprint density at radius 3 is 2.17 bits per heavy atom. The molecular weight excluding hydrogens is 286 g/mol. The third-order valence-corrected chi connectivity index (χ3v) is 6.01. The molecule has 4 saturated carbocycles. The number of carbonyl (C=O) groups is 1. The summed E-state index contributed by atoms with van der Waals surface area (Å²) in [4.78, 5) is 12.7. The van der Waals surface area contributed by atoms with E-state index in [9.17, 15) is 4.79 Å². The Kier molecular flexibility index (Phi) is 3.82. The van der Waals surface area contributed by atoms with Crippen LogP contribution in [0.3, 0.4) is 0 Å². The molecule has 4 aliphatic rings. The van der Waals surface area contributed by atoms with Crippen molar-refractivity contribution in [2.24, 2.45) is 17.8 Å².